The van der Waals surface area contributed by atoms with Crippen molar-refractivity contribution in [3.8, 4) is 0 Å². The molecule has 0 unspecified atom stereocenters. The van der Waals surface area contributed by atoms with Gasteiger partial charge in [-0.05, 0) is 5.41 Å². The number of nitrogens with zero attached hydrogens (tertiary/aromatic N) is 2. The van der Waals surface area contributed by atoms with Crippen LogP contribution in [0.5, 0.6) is 0 Å². The predicted molar refractivity (Wildman–Crippen MR) is 58.0 cm³/mol. The first kappa shape index (κ1) is 14.3. The third kappa shape index (κ3) is 2.41. The molecule has 0 bridgehead atoms. The Morgan fingerprint density at radius 3 is 2.17 bits per heavy atom. The van der Waals surface area contributed by atoms with E-state index in [4.69, 9.17) is 5.73 Å². The molecule has 1 aromatic rings. The molecule has 0 aromatic carbocycles. The van der Waals surface area contributed by atoms with Crippen molar-refractivity contribution in [2.75, 3.05) is 12.8 Å². The Balaban J connectivity index is 3.57. The van der Waals surface area contributed by atoms with Crippen LogP contribution in [0.4, 0.5) is 19.0 Å². The number of carbonyl (C=O) groups is 1. The van der Waals surface area contributed by atoms with E-state index in [-0.39, 0.29) is 10.2 Å². The Labute approximate surface area is 102 Å². The molecule has 0 amide bonds. The van der Waals surface area contributed by atoms with E-state index < -0.39 is 29.2 Å². The minimum atomic E-state index is -4.78. The van der Waals surface area contributed by atoms with Crippen LogP contribution in [0.2, 0.25) is 0 Å². The lowest BCUT2D eigenvalue weighted by Gasteiger charge is -2.19. The van der Waals surface area contributed by atoms with E-state index in [1.165, 1.54) is 0 Å². The molecule has 0 radical (unpaired) electrons. The molecule has 2 N–H and O–H groups in total. The van der Waals surface area contributed by atoms with Gasteiger partial charge in [0.1, 0.15) is 5.82 Å². The molecule has 1 heterocycles. The van der Waals surface area contributed by atoms with Crippen LogP contribution in [-0.4, -0.2) is 22.9 Å². The van der Waals surface area contributed by atoms with Crippen molar-refractivity contribution in [1.29, 1.82) is 0 Å². The highest BCUT2D eigenvalue weighted by atomic mass is 19.4. The molecule has 0 saturated carbocycles. The van der Waals surface area contributed by atoms with Crippen molar-refractivity contribution in [1.82, 2.24) is 9.78 Å². The molecular formula is C10H14F3N3O2. The van der Waals surface area contributed by atoms with Gasteiger partial charge in [-0.15, -0.1) is 13.2 Å². The summed E-state index contributed by atoms with van der Waals surface area (Å²) in [6.45, 7) is 4.90. The number of aromatic nitrogens is 2. The van der Waals surface area contributed by atoms with Crippen LogP contribution >= 0.6 is 0 Å². The first-order valence-corrected chi connectivity index (χ1v) is 5.04. The van der Waals surface area contributed by atoms with Crippen LogP contribution in [0.25, 0.3) is 0 Å². The second-order valence-electron chi connectivity index (χ2n) is 4.73. The molecular weight excluding hydrogens is 251 g/mol. The zero-order valence-electron chi connectivity index (χ0n) is 10.4. The highest BCUT2D eigenvalue weighted by molar-refractivity contribution is 5.90. The van der Waals surface area contributed by atoms with E-state index in [1.54, 1.807) is 20.8 Å². The largest absolute Gasteiger partial charge is 0.506 e. The molecule has 0 aliphatic carbocycles. The number of esters is 1. The number of methoxy groups -OCH3 is 1. The van der Waals surface area contributed by atoms with E-state index in [0.717, 1.165) is 7.11 Å². The van der Waals surface area contributed by atoms with E-state index in [0.29, 0.717) is 0 Å². The monoisotopic (exact) mass is 265 g/mol. The van der Waals surface area contributed by atoms with Crippen molar-refractivity contribution in [3.05, 3.63) is 11.3 Å². The number of nitrogen functional groups attached to an aromatic ring is 1. The second kappa shape index (κ2) is 4.18. The van der Waals surface area contributed by atoms with Gasteiger partial charge in [0.2, 0.25) is 0 Å². The van der Waals surface area contributed by atoms with E-state index in [2.05, 4.69) is 9.84 Å². The Kier molecular flexibility index (Phi) is 3.33. The predicted octanol–water partition coefficient (Wildman–Crippen LogP) is 2.03. The summed E-state index contributed by atoms with van der Waals surface area (Å²) in [5.41, 5.74) is 4.28. The average Bonchev–Trinajstić information content (AvgIpc) is 2.53. The van der Waals surface area contributed by atoms with Crippen molar-refractivity contribution < 1.29 is 22.7 Å². The molecule has 8 heteroatoms. The number of halogens is 3. The normalized spacial score (nSPS) is 12.6. The number of ether oxygens (including phenoxy) is 1. The third-order valence-corrected chi connectivity index (χ3v) is 2.29. The highest BCUT2D eigenvalue weighted by Gasteiger charge is 2.40. The van der Waals surface area contributed by atoms with Gasteiger partial charge in [-0.3, -0.25) is 0 Å². The Morgan fingerprint density at radius 1 is 1.33 bits per heavy atom. The topological polar surface area (TPSA) is 70.1 Å². The van der Waals surface area contributed by atoms with E-state index in [9.17, 15) is 18.0 Å². The van der Waals surface area contributed by atoms with Crippen molar-refractivity contribution in [2.45, 2.75) is 32.5 Å². The first-order chi connectivity index (χ1) is 8.00. The Morgan fingerprint density at radius 2 is 1.83 bits per heavy atom. The number of nitrogens with two attached hydrogens (primary N) is 1. The lowest BCUT2D eigenvalue weighted by Crippen LogP contribution is -2.22. The van der Waals surface area contributed by atoms with Gasteiger partial charge in [0.15, 0.2) is 5.69 Å². The van der Waals surface area contributed by atoms with Gasteiger partial charge in [-0.25, -0.2) is 4.79 Å². The van der Waals surface area contributed by atoms with Gasteiger partial charge in [0, 0.05) is 5.56 Å². The molecule has 0 aliphatic rings. The average molecular weight is 265 g/mol. The Bertz CT molecular complexity index is 472. The van der Waals surface area contributed by atoms with E-state index >= 15 is 0 Å². The summed E-state index contributed by atoms with van der Waals surface area (Å²) in [6.07, 6.45) is -4.78. The van der Waals surface area contributed by atoms with Gasteiger partial charge < -0.3 is 10.5 Å². The number of alkyl halides is 3. The number of carbonyl (C=O) groups excluding carboxylic acids is 1. The summed E-state index contributed by atoms with van der Waals surface area (Å²) in [5.74, 6) is -1.55. The third-order valence-electron chi connectivity index (χ3n) is 2.29. The van der Waals surface area contributed by atoms with Crippen LogP contribution in [-0.2, 0) is 16.5 Å². The summed E-state index contributed by atoms with van der Waals surface area (Å²) >= 11 is 0. The fourth-order valence-electron chi connectivity index (χ4n) is 1.60. The lowest BCUT2D eigenvalue weighted by molar-refractivity contribution is -0.210. The number of hydrogen-bond donors (Lipinski definition) is 1. The zero-order chi connectivity index (χ0) is 14.3. The first-order valence-electron chi connectivity index (χ1n) is 5.04. The molecule has 0 saturated heterocycles. The van der Waals surface area contributed by atoms with Crippen molar-refractivity contribution >= 4 is 11.8 Å². The van der Waals surface area contributed by atoms with Gasteiger partial charge in [0.05, 0.1) is 7.11 Å². The number of anilines is 1. The van der Waals surface area contributed by atoms with E-state index in [1.807, 2.05) is 0 Å². The van der Waals surface area contributed by atoms with Crippen LogP contribution in [0.15, 0.2) is 0 Å². The number of rotatable bonds is 1. The van der Waals surface area contributed by atoms with Gasteiger partial charge in [-0.2, -0.15) is 9.78 Å². The Hall–Kier alpha value is -1.73. The maximum atomic E-state index is 12.7. The fraction of sp³-hybridized carbons (Fsp3) is 0.600. The summed E-state index contributed by atoms with van der Waals surface area (Å²) < 4.78 is 42.1. The molecule has 0 spiro atoms. The highest BCUT2D eigenvalue weighted by Crippen LogP contribution is 2.35. The minimum Gasteiger partial charge on any atom is -0.464 e. The minimum absolute atomic E-state index is 0.0201. The van der Waals surface area contributed by atoms with Crippen molar-refractivity contribution in [3.63, 3.8) is 0 Å². The van der Waals surface area contributed by atoms with Crippen LogP contribution < -0.4 is 5.73 Å². The van der Waals surface area contributed by atoms with Gasteiger partial charge in [0.25, 0.3) is 0 Å². The maximum absolute atomic E-state index is 12.7. The van der Waals surface area contributed by atoms with Crippen LogP contribution in [0.3, 0.4) is 0 Å². The number of hydrogen-bond acceptors (Lipinski definition) is 4. The standard InChI is InChI=1S/C10H14F3N3O2/c1-9(2,3)5-6(8(17)18-4)15-16(7(5)14)10(11,12)13/h14H2,1-4H3. The van der Waals surface area contributed by atoms with Crippen molar-refractivity contribution in [2.24, 2.45) is 0 Å². The molecule has 0 atom stereocenters. The summed E-state index contributed by atoms with van der Waals surface area (Å²) in [6, 6.07) is 0. The quantitative estimate of drug-likeness (QED) is 0.789. The molecule has 1 rings (SSSR count). The smallest absolute Gasteiger partial charge is 0.464 e. The maximum Gasteiger partial charge on any atom is 0.506 e. The molecule has 102 valence electrons. The summed E-state index contributed by atoms with van der Waals surface area (Å²) in [4.78, 5) is 11.5. The second-order valence-corrected chi connectivity index (χ2v) is 4.73. The van der Waals surface area contributed by atoms with Crippen LogP contribution in [0, 0.1) is 0 Å². The van der Waals surface area contributed by atoms with Gasteiger partial charge >= 0.3 is 12.3 Å². The molecule has 5 nitrogen and oxygen atoms in total. The molecule has 1 aromatic heterocycles. The molecule has 0 fully saturated rings. The molecule has 0 aliphatic heterocycles. The summed E-state index contributed by atoms with van der Waals surface area (Å²) in [5, 5.41) is 3.21. The van der Waals surface area contributed by atoms with Crippen LogP contribution in [0.1, 0.15) is 36.8 Å². The lowest BCUT2D eigenvalue weighted by atomic mass is 9.86. The zero-order valence-corrected chi connectivity index (χ0v) is 10.4. The fourth-order valence-corrected chi connectivity index (χ4v) is 1.60. The van der Waals surface area contributed by atoms with Gasteiger partial charge in [-0.1, -0.05) is 20.8 Å². The SMILES string of the molecule is COC(=O)c1nn(C(F)(F)F)c(N)c1C(C)(C)C. The summed E-state index contributed by atoms with van der Waals surface area (Å²) in [7, 11) is 1.07. The molecule has 18 heavy (non-hydrogen) atoms.